The lowest BCUT2D eigenvalue weighted by Crippen LogP contribution is -2.30. The second kappa shape index (κ2) is 8.66. The number of carbonyl (C=O) groups is 1. The lowest BCUT2D eigenvalue weighted by atomic mass is 9.90. The fraction of sp³-hybridized carbons (Fsp3) is 0.0690. The summed E-state index contributed by atoms with van der Waals surface area (Å²) in [6.07, 6.45) is -0.532. The Labute approximate surface area is 187 Å². The summed E-state index contributed by atoms with van der Waals surface area (Å²) >= 11 is 0. The number of amides is 1. The molecule has 3 heteroatoms. The predicted octanol–water partition coefficient (Wildman–Crippen LogP) is 6.74. The second-order valence-corrected chi connectivity index (χ2v) is 7.74. The van der Waals surface area contributed by atoms with Gasteiger partial charge in [0.15, 0.2) is 6.23 Å². The van der Waals surface area contributed by atoms with Crippen molar-refractivity contribution in [2.24, 2.45) is 0 Å². The highest BCUT2D eigenvalue weighted by Gasteiger charge is 2.21. The topological polar surface area (TPSA) is 38.3 Å². The molecule has 5 rings (SSSR count). The first-order valence-electron chi connectivity index (χ1n) is 10.6. The van der Waals surface area contributed by atoms with Crippen LogP contribution in [0.4, 0.5) is 0 Å². The molecule has 0 aliphatic heterocycles. The maximum atomic E-state index is 13.6. The Bertz CT molecular complexity index is 1400. The minimum absolute atomic E-state index is 0.172. The Kier molecular flexibility index (Phi) is 5.40. The average molecular weight is 418 g/mol. The molecule has 0 aliphatic rings. The van der Waals surface area contributed by atoms with E-state index in [-0.39, 0.29) is 5.91 Å². The van der Waals surface area contributed by atoms with Crippen molar-refractivity contribution in [2.75, 3.05) is 7.11 Å². The first kappa shape index (κ1) is 20.0. The molecule has 1 amide bonds. The zero-order valence-electron chi connectivity index (χ0n) is 17.8. The average Bonchev–Trinajstić information content (AvgIpc) is 2.86. The highest BCUT2D eigenvalue weighted by Crippen LogP contribution is 2.37. The quantitative estimate of drug-likeness (QED) is 0.322. The monoisotopic (exact) mass is 417 g/mol. The molecule has 0 radical (unpaired) electrons. The molecule has 0 fully saturated rings. The van der Waals surface area contributed by atoms with Gasteiger partial charge in [0, 0.05) is 23.8 Å². The Morgan fingerprint density at radius 1 is 0.688 bits per heavy atom. The standard InChI is InChI=1S/C29H23NO2/c1-32-29(22-12-3-2-4-13-22)30-28(31)26-19-18-21-11-6-8-16-24(21)27(26)25-17-9-14-20-10-5-7-15-23(20)25/h2-19,29H,1H3,(H,30,31). The third-order valence-electron chi connectivity index (χ3n) is 5.83. The van der Waals surface area contributed by atoms with Crippen molar-refractivity contribution < 1.29 is 9.53 Å². The van der Waals surface area contributed by atoms with Crippen LogP contribution in [0.3, 0.4) is 0 Å². The SMILES string of the molecule is COC(NC(=O)c1ccc2ccccc2c1-c1cccc2ccccc12)c1ccccc1. The molecule has 0 saturated heterocycles. The summed E-state index contributed by atoms with van der Waals surface area (Å²) in [6, 6.07) is 36.3. The zero-order chi connectivity index (χ0) is 21.9. The van der Waals surface area contributed by atoms with Crippen molar-refractivity contribution in [3.8, 4) is 11.1 Å². The summed E-state index contributed by atoms with van der Waals surface area (Å²) in [5.41, 5.74) is 3.49. The number of nitrogens with one attached hydrogen (secondary N) is 1. The van der Waals surface area contributed by atoms with Gasteiger partial charge in [0.1, 0.15) is 0 Å². The molecule has 0 aromatic heterocycles. The largest absolute Gasteiger partial charge is 0.357 e. The zero-order valence-corrected chi connectivity index (χ0v) is 17.8. The predicted molar refractivity (Wildman–Crippen MR) is 131 cm³/mol. The van der Waals surface area contributed by atoms with Gasteiger partial charge in [-0.15, -0.1) is 0 Å². The minimum Gasteiger partial charge on any atom is -0.357 e. The van der Waals surface area contributed by atoms with Gasteiger partial charge in [-0.2, -0.15) is 0 Å². The number of hydrogen-bond donors (Lipinski definition) is 1. The van der Waals surface area contributed by atoms with E-state index < -0.39 is 6.23 Å². The van der Waals surface area contributed by atoms with Crippen molar-refractivity contribution in [3.63, 3.8) is 0 Å². The van der Waals surface area contributed by atoms with Gasteiger partial charge in [0.05, 0.1) is 0 Å². The first-order chi connectivity index (χ1) is 15.8. The van der Waals surface area contributed by atoms with Gasteiger partial charge < -0.3 is 10.1 Å². The number of hydrogen-bond acceptors (Lipinski definition) is 2. The Hall–Kier alpha value is -3.95. The number of fused-ring (bicyclic) bond motifs is 2. The van der Waals surface area contributed by atoms with Gasteiger partial charge >= 0.3 is 0 Å². The maximum absolute atomic E-state index is 13.6. The molecule has 0 aliphatic carbocycles. The van der Waals surface area contributed by atoms with Crippen LogP contribution < -0.4 is 5.32 Å². The van der Waals surface area contributed by atoms with Crippen molar-refractivity contribution in [2.45, 2.75) is 6.23 Å². The summed E-state index contributed by atoms with van der Waals surface area (Å²) in [7, 11) is 1.60. The number of ether oxygens (including phenoxy) is 1. The van der Waals surface area contributed by atoms with Gasteiger partial charge in [-0.1, -0.05) is 103 Å². The summed E-state index contributed by atoms with van der Waals surface area (Å²) in [5, 5.41) is 7.46. The van der Waals surface area contributed by atoms with Crippen molar-refractivity contribution >= 4 is 27.5 Å². The van der Waals surface area contributed by atoms with E-state index in [2.05, 4.69) is 41.7 Å². The van der Waals surface area contributed by atoms with E-state index in [1.54, 1.807) is 7.11 Å². The van der Waals surface area contributed by atoms with Gasteiger partial charge in [-0.05, 0) is 33.2 Å². The van der Waals surface area contributed by atoms with Gasteiger partial charge in [-0.3, -0.25) is 4.79 Å². The van der Waals surface area contributed by atoms with Crippen LogP contribution in [-0.2, 0) is 4.74 Å². The molecular weight excluding hydrogens is 394 g/mol. The van der Waals surface area contributed by atoms with E-state index in [0.29, 0.717) is 5.56 Å². The van der Waals surface area contributed by atoms with E-state index in [4.69, 9.17) is 4.74 Å². The lowest BCUT2D eigenvalue weighted by molar-refractivity contribution is 0.0576. The van der Waals surface area contributed by atoms with Crippen LogP contribution >= 0.6 is 0 Å². The van der Waals surface area contributed by atoms with Crippen LogP contribution in [0.2, 0.25) is 0 Å². The van der Waals surface area contributed by atoms with E-state index in [0.717, 1.165) is 38.2 Å². The second-order valence-electron chi connectivity index (χ2n) is 7.74. The maximum Gasteiger partial charge on any atom is 0.254 e. The van der Waals surface area contributed by atoms with Gasteiger partial charge in [-0.25, -0.2) is 0 Å². The molecule has 5 aromatic carbocycles. The number of methoxy groups -OCH3 is 1. The van der Waals surface area contributed by atoms with Crippen molar-refractivity contribution in [3.05, 3.63) is 120 Å². The lowest BCUT2D eigenvalue weighted by Gasteiger charge is -2.20. The van der Waals surface area contributed by atoms with Crippen molar-refractivity contribution in [1.82, 2.24) is 5.32 Å². The van der Waals surface area contributed by atoms with Crippen LogP contribution in [0.25, 0.3) is 32.7 Å². The molecule has 0 heterocycles. The smallest absolute Gasteiger partial charge is 0.254 e. The van der Waals surface area contributed by atoms with Crippen LogP contribution in [0.15, 0.2) is 109 Å². The molecule has 3 nitrogen and oxygen atoms in total. The van der Waals surface area contributed by atoms with E-state index in [1.807, 2.05) is 72.8 Å². The molecule has 1 N–H and O–H groups in total. The normalized spacial score (nSPS) is 12.0. The number of benzene rings is 5. The summed E-state index contributed by atoms with van der Waals surface area (Å²) in [4.78, 5) is 13.6. The highest BCUT2D eigenvalue weighted by molar-refractivity contribution is 6.14. The third-order valence-corrected chi connectivity index (χ3v) is 5.83. The number of carbonyl (C=O) groups excluding carboxylic acids is 1. The molecule has 32 heavy (non-hydrogen) atoms. The van der Waals surface area contributed by atoms with Crippen LogP contribution in [0, 0.1) is 0 Å². The molecule has 0 bridgehead atoms. The number of rotatable bonds is 5. The van der Waals surface area contributed by atoms with Gasteiger partial charge in [0.25, 0.3) is 5.91 Å². The van der Waals surface area contributed by atoms with E-state index in [1.165, 1.54) is 0 Å². The fourth-order valence-corrected chi connectivity index (χ4v) is 4.30. The van der Waals surface area contributed by atoms with Crippen LogP contribution in [0.1, 0.15) is 22.1 Å². The molecule has 0 spiro atoms. The Morgan fingerprint density at radius 2 is 1.31 bits per heavy atom. The Balaban J connectivity index is 1.68. The molecule has 1 unspecified atom stereocenters. The van der Waals surface area contributed by atoms with E-state index in [9.17, 15) is 4.79 Å². The summed E-state index contributed by atoms with van der Waals surface area (Å²) in [5.74, 6) is -0.172. The third kappa shape index (κ3) is 3.64. The fourth-order valence-electron chi connectivity index (χ4n) is 4.30. The van der Waals surface area contributed by atoms with Crippen LogP contribution in [0.5, 0.6) is 0 Å². The molecule has 156 valence electrons. The van der Waals surface area contributed by atoms with Crippen molar-refractivity contribution in [1.29, 1.82) is 0 Å². The summed E-state index contributed by atoms with van der Waals surface area (Å²) in [6.45, 7) is 0. The van der Waals surface area contributed by atoms with Crippen LogP contribution in [-0.4, -0.2) is 13.0 Å². The first-order valence-corrected chi connectivity index (χ1v) is 10.6. The Morgan fingerprint density at radius 3 is 2.06 bits per heavy atom. The molecular formula is C29H23NO2. The minimum atomic E-state index is -0.532. The van der Waals surface area contributed by atoms with Gasteiger partial charge in [0.2, 0.25) is 0 Å². The molecule has 5 aromatic rings. The summed E-state index contributed by atoms with van der Waals surface area (Å²) < 4.78 is 5.60. The molecule has 1 atom stereocenters. The van der Waals surface area contributed by atoms with E-state index >= 15 is 0 Å². The molecule has 0 saturated carbocycles. The highest BCUT2D eigenvalue weighted by atomic mass is 16.5.